The SMILES string of the molecule is C.CCOC12CC3CC(C1)CC(C(=O)O)(C3)C2.O=C(O)C12CC3CC(CC(Br)(C3)C1)C2.[Ag].[O]=[Ag]. The molecule has 204 valence electrons. The van der Waals surface area contributed by atoms with Crippen LogP contribution in [-0.4, -0.2) is 38.7 Å². The molecule has 8 fully saturated rings. The topological polar surface area (TPSA) is 101 Å². The molecule has 8 aliphatic carbocycles. The summed E-state index contributed by atoms with van der Waals surface area (Å²) >= 11 is 5.50. The van der Waals surface area contributed by atoms with E-state index in [4.69, 9.17) is 7.99 Å². The van der Waals surface area contributed by atoms with Gasteiger partial charge in [0.05, 0.1) is 16.4 Å². The van der Waals surface area contributed by atoms with Gasteiger partial charge in [0.1, 0.15) is 0 Å². The van der Waals surface area contributed by atoms with Crippen molar-refractivity contribution >= 4 is 27.9 Å². The number of hydrogen-bond acceptors (Lipinski definition) is 4. The molecule has 0 aliphatic heterocycles. The molecule has 34 heavy (non-hydrogen) atoms. The van der Waals surface area contributed by atoms with Crippen molar-refractivity contribution in [1.82, 2.24) is 0 Å². The van der Waals surface area contributed by atoms with Crippen LogP contribution in [0, 0.1) is 34.5 Å². The molecule has 0 saturated heterocycles. The molecule has 2 N–H and O–H groups in total. The van der Waals surface area contributed by atoms with Gasteiger partial charge in [0, 0.05) is 33.3 Å². The van der Waals surface area contributed by atoms with E-state index < -0.39 is 17.4 Å². The second kappa shape index (κ2) is 11.2. The van der Waals surface area contributed by atoms with Crippen LogP contribution in [0.25, 0.3) is 0 Å². The van der Waals surface area contributed by atoms with Gasteiger partial charge in [0.25, 0.3) is 0 Å². The average molecular weight is 731 g/mol. The third-order valence-electron chi connectivity index (χ3n) is 9.35. The molecule has 8 rings (SSSR count). The van der Waals surface area contributed by atoms with Crippen molar-refractivity contribution in [2.24, 2.45) is 34.5 Å². The molecule has 8 bridgehead atoms. The monoisotopic (exact) mass is 728 g/mol. The van der Waals surface area contributed by atoms with Crippen LogP contribution in [0.3, 0.4) is 0 Å². The van der Waals surface area contributed by atoms with E-state index in [9.17, 15) is 19.8 Å². The second-order valence-corrected chi connectivity index (χ2v) is 13.5. The molecule has 0 amide bonds. The summed E-state index contributed by atoms with van der Waals surface area (Å²) in [5.41, 5.74) is -0.899. The fraction of sp³-hybridized carbons (Fsp3) is 0.920. The molecule has 0 spiro atoms. The fourth-order valence-corrected chi connectivity index (χ4v) is 10.8. The predicted octanol–water partition coefficient (Wildman–Crippen LogP) is 5.76. The van der Waals surface area contributed by atoms with Crippen molar-refractivity contribution in [3.8, 4) is 0 Å². The molecular formula is C25H39Ag2BrO6. The maximum atomic E-state index is 11.5. The summed E-state index contributed by atoms with van der Waals surface area (Å²) in [4.78, 5) is 22.9. The van der Waals surface area contributed by atoms with E-state index in [1.165, 1.54) is 25.7 Å². The van der Waals surface area contributed by atoms with Crippen LogP contribution in [0.4, 0.5) is 0 Å². The van der Waals surface area contributed by atoms with Gasteiger partial charge in [-0.25, -0.2) is 0 Å². The molecule has 4 atom stereocenters. The molecule has 0 heterocycles. The first kappa shape index (κ1) is 30.9. The standard InChI is InChI=1S/C13H20O3.C11H15BrO2.CH4.2Ag.O/c1-2-16-13-6-9-3-10(7-13)5-12(4-9,8-13)11(14)15;12-11-4-7-1-8(5-11)3-10(2-7,6-11)9(13)14;;;;/h9-10H,2-8H2,1H3,(H,14,15);7-8H,1-6H2,(H,13,14);1H4;;;. The molecule has 1 radical (unpaired) electrons. The molecule has 0 aromatic carbocycles. The van der Waals surface area contributed by atoms with Crippen LogP contribution in [0.5, 0.6) is 0 Å². The Morgan fingerprint density at radius 1 is 0.824 bits per heavy atom. The minimum absolute atomic E-state index is 0. The molecular weight excluding hydrogens is 692 g/mol. The van der Waals surface area contributed by atoms with Gasteiger partial charge < -0.3 is 14.9 Å². The summed E-state index contributed by atoms with van der Waals surface area (Å²) in [5.74, 6) is 1.42. The maximum absolute atomic E-state index is 11.5. The fourth-order valence-electron chi connectivity index (χ4n) is 9.30. The molecule has 4 unspecified atom stereocenters. The Bertz CT molecular complexity index is 749. The number of carboxylic acids is 2. The number of hydrogen-bond donors (Lipinski definition) is 2. The first-order valence-corrected chi connectivity index (χ1v) is 13.4. The molecule has 9 heteroatoms. The number of halogens is 1. The van der Waals surface area contributed by atoms with Gasteiger partial charge in [-0.05, 0) is 108 Å². The van der Waals surface area contributed by atoms with E-state index in [2.05, 4.69) is 15.9 Å². The molecule has 8 saturated carbocycles. The van der Waals surface area contributed by atoms with Gasteiger partial charge in [0.15, 0.2) is 0 Å². The van der Waals surface area contributed by atoms with Crippen LogP contribution < -0.4 is 0 Å². The Kier molecular flexibility index (Phi) is 10.2. The first-order chi connectivity index (χ1) is 15.1. The van der Waals surface area contributed by atoms with Crippen LogP contribution in [0.2, 0.25) is 0 Å². The number of carbonyl (C=O) groups is 2. The molecule has 0 aromatic rings. The number of alkyl halides is 1. The van der Waals surface area contributed by atoms with Crippen LogP contribution in [-0.2, 0) is 61.0 Å². The Hall–Kier alpha value is 0.661. The Labute approximate surface area is 240 Å². The average Bonchev–Trinajstić information content (AvgIpc) is 2.67. The van der Waals surface area contributed by atoms with E-state index in [1.54, 1.807) is 21.0 Å². The van der Waals surface area contributed by atoms with Crippen LogP contribution in [0.1, 0.15) is 91.4 Å². The summed E-state index contributed by atoms with van der Waals surface area (Å²) in [6.45, 7) is 2.74. The van der Waals surface area contributed by atoms with Crippen molar-refractivity contribution < 1.29 is 71.2 Å². The van der Waals surface area contributed by atoms with Crippen molar-refractivity contribution in [2.75, 3.05) is 6.61 Å². The number of aliphatic carboxylic acids is 2. The van der Waals surface area contributed by atoms with Crippen LogP contribution >= 0.6 is 15.9 Å². The Morgan fingerprint density at radius 2 is 1.21 bits per heavy atom. The molecule has 0 aromatic heterocycles. The molecule has 8 aliphatic rings. The number of rotatable bonds is 4. The zero-order chi connectivity index (χ0) is 23.4. The van der Waals surface area contributed by atoms with E-state index >= 15 is 0 Å². The summed E-state index contributed by atoms with van der Waals surface area (Å²) in [7, 11) is 0. The predicted molar refractivity (Wildman–Crippen MR) is 123 cm³/mol. The van der Waals surface area contributed by atoms with Crippen molar-refractivity contribution in [2.45, 2.75) is 101 Å². The zero-order valence-electron chi connectivity index (χ0n) is 19.0. The summed E-state index contributed by atoms with van der Waals surface area (Å²) in [6.07, 6.45) is 12.4. The van der Waals surface area contributed by atoms with Crippen molar-refractivity contribution in [1.29, 1.82) is 0 Å². The Balaban J connectivity index is 0.000000214. The number of carboxylic acid groups (broad SMARTS) is 2. The first-order valence-electron chi connectivity index (χ1n) is 12.0. The summed E-state index contributed by atoms with van der Waals surface area (Å²) in [5, 5.41) is 18.9. The zero-order valence-corrected chi connectivity index (χ0v) is 23.6. The number of ether oxygens (including phenoxy) is 1. The van der Waals surface area contributed by atoms with E-state index in [0.29, 0.717) is 23.7 Å². The van der Waals surface area contributed by atoms with Crippen LogP contribution in [0.15, 0.2) is 0 Å². The van der Waals surface area contributed by atoms with Gasteiger partial charge in [-0.2, -0.15) is 0 Å². The summed E-state index contributed by atoms with van der Waals surface area (Å²) < 4.78 is 14.2. The summed E-state index contributed by atoms with van der Waals surface area (Å²) in [6, 6.07) is 0. The van der Waals surface area contributed by atoms with Crippen molar-refractivity contribution in [3.05, 3.63) is 0 Å². The Morgan fingerprint density at radius 3 is 1.56 bits per heavy atom. The quantitative estimate of drug-likeness (QED) is 0.282. The molecule has 6 nitrogen and oxygen atoms in total. The van der Waals surface area contributed by atoms with Gasteiger partial charge in [-0.15, -0.1) is 0 Å². The van der Waals surface area contributed by atoms with Gasteiger partial charge in [0.2, 0.25) is 0 Å². The van der Waals surface area contributed by atoms with Gasteiger partial charge in [-0.3, -0.25) is 9.59 Å². The normalized spacial score (nSPS) is 46.1. The van der Waals surface area contributed by atoms with E-state index in [-0.39, 0.29) is 45.1 Å². The van der Waals surface area contributed by atoms with Gasteiger partial charge in [-0.1, -0.05) is 23.4 Å². The van der Waals surface area contributed by atoms with Crippen molar-refractivity contribution in [3.63, 3.8) is 0 Å². The van der Waals surface area contributed by atoms with Gasteiger partial charge >= 0.3 is 36.2 Å². The third kappa shape index (κ3) is 5.57. The second-order valence-electron chi connectivity index (χ2n) is 11.9. The van der Waals surface area contributed by atoms with E-state index in [0.717, 1.165) is 58.0 Å². The van der Waals surface area contributed by atoms with E-state index in [1.807, 2.05) is 6.92 Å². The third-order valence-corrected chi connectivity index (χ3v) is 10.3. The minimum atomic E-state index is -0.578.